The summed E-state index contributed by atoms with van der Waals surface area (Å²) in [4.78, 5) is 0. The predicted molar refractivity (Wildman–Crippen MR) is 226 cm³/mol. The van der Waals surface area contributed by atoms with Gasteiger partial charge >= 0.3 is 0 Å². The highest BCUT2D eigenvalue weighted by Crippen LogP contribution is 2.51. The lowest BCUT2D eigenvalue weighted by molar-refractivity contribution is -0.0635. The Morgan fingerprint density at radius 1 is 0.544 bits per heavy atom. The van der Waals surface area contributed by atoms with Crippen LogP contribution >= 0.6 is 0 Å². The van der Waals surface area contributed by atoms with E-state index in [2.05, 4.69) is 33.9 Å². The number of fused-ring (bicyclic) bond motifs is 1. The highest BCUT2D eigenvalue weighted by Gasteiger charge is 2.48. The Morgan fingerprint density at radius 2 is 1.00 bits per heavy atom. The molecule has 6 aromatic carbocycles. The van der Waals surface area contributed by atoms with Crippen molar-refractivity contribution in [3.05, 3.63) is 185 Å². The van der Waals surface area contributed by atoms with Crippen LogP contribution in [0, 0.1) is 0 Å². The molecule has 1 unspecified atom stereocenters. The molecular weight excluding hydrogens is 729 g/mol. The minimum absolute atomic E-state index is 0.140. The van der Waals surface area contributed by atoms with Gasteiger partial charge in [0.15, 0.2) is 25.9 Å². The van der Waals surface area contributed by atoms with Crippen molar-refractivity contribution in [1.29, 1.82) is 0 Å². The van der Waals surface area contributed by atoms with Gasteiger partial charge in [-0.05, 0) is 58.1 Å². The Balaban J connectivity index is 1.28. The molecule has 0 aliphatic carbocycles. The fourth-order valence-corrected chi connectivity index (χ4v) is 7.77. The van der Waals surface area contributed by atoms with Crippen molar-refractivity contribution in [3.63, 3.8) is 0 Å². The first kappa shape index (κ1) is 39.7. The minimum Gasteiger partial charge on any atom is -0.489 e. The lowest BCUT2D eigenvalue weighted by Gasteiger charge is -2.45. The molecule has 0 saturated heterocycles. The first-order valence-corrected chi connectivity index (χ1v) is 22.5. The Morgan fingerprint density at radius 3 is 1.49 bits per heavy atom. The maximum absolute atomic E-state index is 12.6. The van der Waals surface area contributed by atoms with Crippen molar-refractivity contribution < 1.29 is 33.2 Å². The van der Waals surface area contributed by atoms with Crippen molar-refractivity contribution in [2.24, 2.45) is 0 Å². The Hall–Kier alpha value is -5.54. The van der Waals surface area contributed by atoms with Gasteiger partial charge in [-0.15, -0.1) is 0 Å². The summed E-state index contributed by atoms with van der Waals surface area (Å²) in [6.45, 7) is 12.3. The summed E-state index contributed by atoms with van der Waals surface area (Å²) in [6, 6.07) is 49.6. The van der Waals surface area contributed by atoms with Gasteiger partial charge in [0.05, 0.1) is 5.56 Å². The second kappa shape index (κ2) is 17.7. The SMILES string of the molecule is CC(C)(C)[Si](C)(C)O[C@@H]1C(O)c2c(OCc3ccccc3)cc(OCc3ccccc3)cc2O[C@@H]1c1ccc(OCc2ccccc2)c(OCc2ccccc2)c1. The van der Waals surface area contributed by atoms with Crippen molar-refractivity contribution in [2.45, 2.75) is 83.6 Å². The third-order valence-corrected chi connectivity index (χ3v) is 15.2. The third-order valence-electron chi connectivity index (χ3n) is 10.7. The normalized spacial score (nSPS) is 16.6. The van der Waals surface area contributed by atoms with Crippen LogP contribution in [0.25, 0.3) is 0 Å². The van der Waals surface area contributed by atoms with E-state index < -0.39 is 26.6 Å². The van der Waals surface area contributed by atoms with Gasteiger partial charge in [-0.3, -0.25) is 0 Å². The van der Waals surface area contributed by atoms with E-state index in [1.807, 2.05) is 152 Å². The van der Waals surface area contributed by atoms with Crippen LogP contribution in [0.4, 0.5) is 0 Å². The molecule has 0 fully saturated rings. The summed E-state index contributed by atoms with van der Waals surface area (Å²) in [5.41, 5.74) is 5.41. The highest BCUT2D eigenvalue weighted by atomic mass is 28.4. The van der Waals surface area contributed by atoms with Crippen LogP contribution in [-0.2, 0) is 30.9 Å². The molecule has 57 heavy (non-hydrogen) atoms. The van der Waals surface area contributed by atoms with Gasteiger partial charge in [0, 0.05) is 12.1 Å². The first-order valence-electron chi connectivity index (χ1n) is 19.6. The van der Waals surface area contributed by atoms with Crippen LogP contribution < -0.4 is 23.7 Å². The number of rotatable bonds is 15. The van der Waals surface area contributed by atoms with E-state index in [4.69, 9.17) is 28.1 Å². The molecular formula is C49H52O7Si. The van der Waals surface area contributed by atoms with Crippen molar-refractivity contribution >= 4 is 8.32 Å². The summed E-state index contributed by atoms with van der Waals surface area (Å²) in [5, 5.41) is 12.4. The summed E-state index contributed by atoms with van der Waals surface area (Å²) >= 11 is 0. The Kier molecular flexibility index (Phi) is 12.3. The number of ether oxygens (including phenoxy) is 5. The average Bonchev–Trinajstić information content (AvgIpc) is 3.22. The maximum Gasteiger partial charge on any atom is 0.192 e. The molecule has 1 N–H and O–H groups in total. The topological polar surface area (TPSA) is 75.6 Å². The van der Waals surface area contributed by atoms with Gasteiger partial charge in [0.2, 0.25) is 0 Å². The molecule has 0 saturated carbocycles. The van der Waals surface area contributed by atoms with E-state index in [0.717, 1.165) is 27.8 Å². The van der Waals surface area contributed by atoms with Gasteiger partial charge < -0.3 is 33.2 Å². The Labute approximate surface area is 337 Å². The van der Waals surface area contributed by atoms with E-state index in [-0.39, 0.29) is 5.04 Å². The zero-order valence-corrected chi connectivity index (χ0v) is 34.4. The number of aliphatic hydroxyl groups excluding tert-OH is 1. The molecule has 0 amide bonds. The fourth-order valence-electron chi connectivity index (χ4n) is 6.48. The van der Waals surface area contributed by atoms with Crippen LogP contribution in [0.3, 0.4) is 0 Å². The second-order valence-electron chi connectivity index (χ2n) is 16.0. The predicted octanol–water partition coefficient (Wildman–Crippen LogP) is 11.6. The van der Waals surface area contributed by atoms with Crippen molar-refractivity contribution in [3.8, 4) is 28.7 Å². The number of hydrogen-bond acceptors (Lipinski definition) is 7. The molecule has 3 atom stereocenters. The summed E-state index contributed by atoms with van der Waals surface area (Å²) in [6.07, 6.45) is -2.58. The number of aliphatic hydroxyl groups is 1. The zero-order chi connectivity index (χ0) is 39.8. The van der Waals surface area contributed by atoms with Gasteiger partial charge in [-0.25, -0.2) is 0 Å². The molecule has 0 bridgehead atoms. The van der Waals surface area contributed by atoms with Crippen molar-refractivity contribution in [2.75, 3.05) is 0 Å². The molecule has 294 valence electrons. The van der Waals surface area contributed by atoms with Crippen LogP contribution in [-0.4, -0.2) is 19.5 Å². The molecule has 0 radical (unpaired) electrons. The standard InChI is InChI=1S/C49H52O7Si/c1-49(2,3)57(4,5)56-48-46(50)45-43(54-34-38-24-16-9-17-25-38)29-40(51-31-35-18-10-6-11-19-35)30-44(45)55-47(48)39-26-27-41(52-32-36-20-12-7-13-21-36)42(28-39)53-33-37-22-14-8-15-23-37/h6-30,46-48,50H,31-34H2,1-5H3/t46?,47-,48-/m1/s1. The molecule has 7 nitrogen and oxygen atoms in total. The van der Waals surface area contributed by atoms with Gasteiger partial charge in [-0.1, -0.05) is 148 Å². The fraction of sp³-hybridized carbons (Fsp3) is 0.265. The maximum atomic E-state index is 12.6. The molecule has 1 heterocycles. The number of benzene rings is 6. The average molecular weight is 781 g/mol. The van der Waals surface area contributed by atoms with Crippen LogP contribution in [0.2, 0.25) is 18.1 Å². The van der Waals surface area contributed by atoms with Gasteiger partial charge in [0.1, 0.15) is 55.9 Å². The van der Waals surface area contributed by atoms with E-state index in [1.54, 1.807) is 0 Å². The van der Waals surface area contributed by atoms with E-state index >= 15 is 0 Å². The van der Waals surface area contributed by atoms with E-state index in [1.165, 1.54) is 0 Å². The molecule has 1 aliphatic rings. The molecule has 0 aromatic heterocycles. The molecule has 6 aromatic rings. The van der Waals surface area contributed by atoms with Crippen LogP contribution in [0.1, 0.15) is 66.4 Å². The lowest BCUT2D eigenvalue weighted by atomic mass is 9.91. The number of hydrogen-bond donors (Lipinski definition) is 1. The molecule has 7 rings (SSSR count). The largest absolute Gasteiger partial charge is 0.489 e. The summed E-state index contributed by atoms with van der Waals surface area (Å²) < 4.78 is 39.9. The van der Waals surface area contributed by atoms with Crippen LogP contribution in [0.5, 0.6) is 28.7 Å². The molecule has 8 heteroatoms. The highest BCUT2D eigenvalue weighted by molar-refractivity contribution is 6.74. The van der Waals surface area contributed by atoms with Gasteiger partial charge in [-0.2, -0.15) is 0 Å². The van der Waals surface area contributed by atoms with Crippen molar-refractivity contribution in [1.82, 2.24) is 0 Å². The lowest BCUT2D eigenvalue weighted by Crippen LogP contribution is -2.49. The summed E-state index contributed by atoms with van der Waals surface area (Å²) in [7, 11) is -2.48. The Bertz CT molecular complexity index is 2190. The zero-order valence-electron chi connectivity index (χ0n) is 33.4. The van der Waals surface area contributed by atoms with Gasteiger partial charge in [0.25, 0.3) is 0 Å². The van der Waals surface area contributed by atoms with E-state index in [0.29, 0.717) is 60.7 Å². The quantitative estimate of drug-likeness (QED) is 0.104. The third kappa shape index (κ3) is 9.89. The minimum atomic E-state index is -2.48. The smallest absolute Gasteiger partial charge is 0.192 e. The second-order valence-corrected chi connectivity index (χ2v) is 20.7. The first-order chi connectivity index (χ1) is 27.5. The van der Waals surface area contributed by atoms with Crippen LogP contribution in [0.15, 0.2) is 152 Å². The monoisotopic (exact) mass is 780 g/mol. The molecule has 0 spiro atoms. The molecule has 1 aliphatic heterocycles. The van der Waals surface area contributed by atoms with E-state index in [9.17, 15) is 5.11 Å². The summed E-state index contributed by atoms with van der Waals surface area (Å²) in [5.74, 6) is 2.67.